The first-order chi connectivity index (χ1) is 26.9. The van der Waals surface area contributed by atoms with Crippen molar-refractivity contribution in [1.82, 2.24) is 4.57 Å². The summed E-state index contributed by atoms with van der Waals surface area (Å²) in [5.41, 5.74) is 16.3. The number of fused-ring (bicyclic) bond motifs is 6. The molecule has 1 aromatic heterocycles. The van der Waals surface area contributed by atoms with E-state index in [0.29, 0.717) is 23.7 Å². The summed E-state index contributed by atoms with van der Waals surface area (Å²) >= 11 is 0. The van der Waals surface area contributed by atoms with Gasteiger partial charge in [0.1, 0.15) is 0 Å². The van der Waals surface area contributed by atoms with Crippen molar-refractivity contribution < 1.29 is 0 Å². The Morgan fingerprint density at radius 1 is 0.691 bits per heavy atom. The minimum atomic E-state index is 0.0704. The number of hydrogen-bond acceptors (Lipinski definition) is 1. The SMILES string of the molecule is CC1CCCc2c1n(-c1ccc(-c3ccccc3)cc1)c1ccc(C3=CC(C)[C@H](N(c4ccccc4)c4ccc5c(c4)C(C)(C)C4C=CC=CC54)C=C3)cc21. The number of benzene rings is 5. The Morgan fingerprint density at radius 3 is 2.20 bits per heavy atom. The average Bonchev–Trinajstić information content (AvgIpc) is 3.68. The lowest BCUT2D eigenvalue weighted by Gasteiger charge is -2.37. The summed E-state index contributed by atoms with van der Waals surface area (Å²) in [5.74, 6) is 1.77. The molecule has 0 spiro atoms. The Kier molecular flexibility index (Phi) is 8.21. The van der Waals surface area contributed by atoms with Gasteiger partial charge in [0.2, 0.25) is 0 Å². The van der Waals surface area contributed by atoms with Gasteiger partial charge in [0.25, 0.3) is 0 Å². The Morgan fingerprint density at radius 2 is 1.42 bits per heavy atom. The minimum absolute atomic E-state index is 0.0704. The van der Waals surface area contributed by atoms with Gasteiger partial charge >= 0.3 is 0 Å². The van der Waals surface area contributed by atoms with Crippen molar-refractivity contribution in [3.05, 3.63) is 192 Å². The number of aryl methyl sites for hydroxylation is 1. The van der Waals surface area contributed by atoms with Crippen molar-refractivity contribution in [3.63, 3.8) is 0 Å². The Labute approximate surface area is 326 Å². The molecule has 4 aliphatic rings. The van der Waals surface area contributed by atoms with E-state index in [1.165, 1.54) is 85.5 Å². The van der Waals surface area contributed by atoms with Crippen LogP contribution in [0, 0.1) is 11.8 Å². The summed E-state index contributed by atoms with van der Waals surface area (Å²) in [6.07, 6.45) is 20.3. The van der Waals surface area contributed by atoms with Gasteiger partial charge in [-0.25, -0.2) is 0 Å². The first-order valence-electron chi connectivity index (χ1n) is 20.4. The van der Waals surface area contributed by atoms with E-state index in [1.54, 1.807) is 0 Å². The third kappa shape index (κ3) is 5.60. The maximum atomic E-state index is 2.57. The molecule has 0 fully saturated rings. The highest BCUT2D eigenvalue weighted by molar-refractivity contribution is 5.92. The van der Waals surface area contributed by atoms with E-state index in [9.17, 15) is 0 Å². The molecule has 0 aliphatic heterocycles. The highest BCUT2D eigenvalue weighted by Gasteiger charge is 2.45. The van der Waals surface area contributed by atoms with Crippen LogP contribution in [-0.4, -0.2) is 10.6 Å². The summed E-state index contributed by atoms with van der Waals surface area (Å²) in [4.78, 5) is 2.57. The molecule has 1 heterocycles. The number of hydrogen-bond donors (Lipinski definition) is 0. The lowest BCUT2D eigenvalue weighted by Crippen LogP contribution is -2.35. The Hall–Kier alpha value is -5.60. The third-order valence-electron chi connectivity index (χ3n) is 13.3. The standard InChI is InChI=1S/C53H50N2/c1-35-14-13-20-46-47-33-40(25-31-51(47)55(52(35)46)42-26-22-38(23-27-42)37-15-7-5-8-16-37)39-24-30-50(36(2)32-39)54(41-17-9-6-10-18-41)43-28-29-45-44-19-11-12-21-48(44)53(3,4)49(45)34-43/h5-12,15-19,21-36,44,48,50H,13-14,20H2,1-4H3/t35?,36?,44?,48?,50-/m1/s1. The second-order valence-corrected chi connectivity index (χ2v) is 17.0. The largest absolute Gasteiger partial charge is 0.334 e. The normalized spacial score (nSPS) is 23.3. The van der Waals surface area contributed by atoms with E-state index in [2.05, 4.69) is 201 Å². The number of anilines is 2. The molecule has 6 aromatic rings. The van der Waals surface area contributed by atoms with Crippen LogP contribution in [-0.2, 0) is 11.8 Å². The van der Waals surface area contributed by atoms with Gasteiger partial charge in [0.05, 0.1) is 11.6 Å². The van der Waals surface area contributed by atoms with E-state index >= 15 is 0 Å². The van der Waals surface area contributed by atoms with Crippen molar-refractivity contribution in [3.8, 4) is 16.8 Å². The van der Waals surface area contributed by atoms with Gasteiger partial charge in [0, 0.05) is 34.1 Å². The maximum absolute atomic E-state index is 2.57. The smallest absolute Gasteiger partial charge is 0.0585 e. The van der Waals surface area contributed by atoms with Crippen molar-refractivity contribution in [1.29, 1.82) is 0 Å². The molecule has 0 saturated carbocycles. The lowest BCUT2D eigenvalue weighted by molar-refractivity contribution is 0.394. The molecule has 2 heteroatoms. The van der Waals surface area contributed by atoms with Crippen molar-refractivity contribution in [2.45, 2.75) is 70.3 Å². The quantitative estimate of drug-likeness (QED) is 0.167. The van der Waals surface area contributed by atoms with Crippen LogP contribution < -0.4 is 4.90 Å². The monoisotopic (exact) mass is 714 g/mol. The minimum Gasteiger partial charge on any atom is -0.334 e. The van der Waals surface area contributed by atoms with E-state index in [1.807, 2.05) is 0 Å². The molecule has 0 N–H and O–H groups in total. The highest BCUT2D eigenvalue weighted by atomic mass is 15.2. The maximum Gasteiger partial charge on any atom is 0.0585 e. The van der Waals surface area contributed by atoms with Crippen molar-refractivity contribution in [2.24, 2.45) is 11.8 Å². The third-order valence-corrected chi connectivity index (χ3v) is 13.3. The summed E-state index contributed by atoms with van der Waals surface area (Å²) in [7, 11) is 0. The van der Waals surface area contributed by atoms with Gasteiger partial charge in [-0.2, -0.15) is 0 Å². The van der Waals surface area contributed by atoms with Gasteiger partial charge < -0.3 is 9.47 Å². The van der Waals surface area contributed by atoms with Gasteiger partial charge in [-0.1, -0.05) is 143 Å². The van der Waals surface area contributed by atoms with Crippen LogP contribution in [0.25, 0.3) is 33.3 Å². The van der Waals surface area contributed by atoms with E-state index in [-0.39, 0.29) is 11.5 Å². The molecule has 2 nitrogen and oxygen atoms in total. The molecule has 0 amide bonds. The second-order valence-electron chi connectivity index (χ2n) is 17.0. The van der Waals surface area contributed by atoms with Crippen molar-refractivity contribution in [2.75, 3.05) is 4.90 Å². The van der Waals surface area contributed by atoms with Gasteiger partial charge in [-0.05, 0) is 130 Å². The second kappa shape index (κ2) is 13.3. The number of rotatable bonds is 6. The fraction of sp³-hybridized carbons (Fsp3) is 0.245. The summed E-state index contributed by atoms with van der Waals surface area (Å²) in [5, 5.41) is 1.41. The first kappa shape index (κ1) is 33.9. The zero-order valence-electron chi connectivity index (χ0n) is 32.5. The molecule has 0 bridgehead atoms. The molecule has 0 radical (unpaired) electrons. The first-order valence-corrected chi connectivity index (χ1v) is 20.4. The molecular formula is C53H50N2. The zero-order chi connectivity index (χ0) is 37.3. The van der Waals surface area contributed by atoms with Gasteiger partial charge in [-0.3, -0.25) is 0 Å². The number of para-hydroxylation sites is 1. The van der Waals surface area contributed by atoms with Crippen LogP contribution in [0.15, 0.2) is 164 Å². The average molecular weight is 715 g/mol. The Balaban J connectivity index is 1.00. The molecule has 272 valence electrons. The molecular weight excluding hydrogens is 665 g/mol. The predicted octanol–water partition coefficient (Wildman–Crippen LogP) is 13.7. The predicted molar refractivity (Wildman–Crippen MR) is 233 cm³/mol. The van der Waals surface area contributed by atoms with Crippen molar-refractivity contribution >= 4 is 27.9 Å². The molecule has 5 aromatic carbocycles. The molecule has 0 saturated heterocycles. The Bertz CT molecular complexity index is 2530. The summed E-state index contributed by atoms with van der Waals surface area (Å²) in [6.45, 7) is 9.67. The molecule has 10 rings (SSSR count). The lowest BCUT2D eigenvalue weighted by atomic mass is 9.74. The molecule has 4 unspecified atom stereocenters. The van der Waals surface area contributed by atoms with E-state index in [4.69, 9.17) is 0 Å². The molecule has 4 aliphatic carbocycles. The van der Waals surface area contributed by atoms with Crippen LogP contribution in [0.2, 0.25) is 0 Å². The molecule has 5 atom stereocenters. The fourth-order valence-corrected chi connectivity index (χ4v) is 10.5. The van der Waals surface area contributed by atoms with E-state index < -0.39 is 0 Å². The number of allylic oxidation sites excluding steroid dienone is 6. The van der Waals surface area contributed by atoms with Crippen LogP contribution in [0.1, 0.15) is 80.3 Å². The zero-order valence-corrected chi connectivity index (χ0v) is 32.5. The van der Waals surface area contributed by atoms with Gasteiger partial charge in [-0.15, -0.1) is 0 Å². The molecule has 55 heavy (non-hydrogen) atoms. The van der Waals surface area contributed by atoms with Crippen LogP contribution in [0.3, 0.4) is 0 Å². The van der Waals surface area contributed by atoms with Crippen LogP contribution in [0.4, 0.5) is 11.4 Å². The number of nitrogens with zero attached hydrogens (tertiary/aromatic N) is 2. The summed E-state index contributed by atoms with van der Waals surface area (Å²) in [6, 6.07) is 45.6. The van der Waals surface area contributed by atoms with Gasteiger partial charge in [0.15, 0.2) is 0 Å². The van der Waals surface area contributed by atoms with Crippen LogP contribution >= 0.6 is 0 Å². The number of aromatic nitrogens is 1. The fourth-order valence-electron chi connectivity index (χ4n) is 10.5. The van der Waals surface area contributed by atoms with E-state index in [0.717, 1.165) is 6.42 Å². The van der Waals surface area contributed by atoms with Crippen LogP contribution in [0.5, 0.6) is 0 Å². The topological polar surface area (TPSA) is 8.17 Å². The highest BCUT2D eigenvalue weighted by Crippen LogP contribution is 2.54. The summed E-state index contributed by atoms with van der Waals surface area (Å²) < 4.78 is 2.56.